The van der Waals surface area contributed by atoms with E-state index < -0.39 is 0 Å². The highest BCUT2D eigenvalue weighted by molar-refractivity contribution is 5.78. The van der Waals surface area contributed by atoms with Crippen molar-refractivity contribution in [3.63, 3.8) is 0 Å². The number of carbonyl (C=O) groups is 1. The first kappa shape index (κ1) is 14.9. The standard InChI is InChI=1S/C16H25NO/c1-13(2)7-6-10-15(18)11-12-16(17)14-8-4-3-5-9-14/h3-5,8-9,13,16H,6-7,10-12,17H2,1-2H3. The molecule has 100 valence electrons. The molecule has 0 bridgehead atoms. The quantitative estimate of drug-likeness (QED) is 0.758. The van der Waals surface area contributed by atoms with Crippen LogP contribution in [0.15, 0.2) is 30.3 Å². The zero-order valence-electron chi connectivity index (χ0n) is 11.6. The lowest BCUT2D eigenvalue weighted by Gasteiger charge is -2.11. The lowest BCUT2D eigenvalue weighted by Crippen LogP contribution is -2.12. The number of hydrogen-bond donors (Lipinski definition) is 1. The van der Waals surface area contributed by atoms with Gasteiger partial charge in [0.05, 0.1) is 0 Å². The molecule has 0 heterocycles. The highest BCUT2D eigenvalue weighted by Crippen LogP contribution is 2.16. The molecule has 0 aliphatic rings. The summed E-state index contributed by atoms with van der Waals surface area (Å²) < 4.78 is 0. The molecule has 0 spiro atoms. The van der Waals surface area contributed by atoms with Crippen LogP contribution in [0, 0.1) is 5.92 Å². The summed E-state index contributed by atoms with van der Waals surface area (Å²) in [6.45, 7) is 4.38. The fourth-order valence-corrected chi connectivity index (χ4v) is 2.02. The van der Waals surface area contributed by atoms with Crippen molar-refractivity contribution in [3.05, 3.63) is 35.9 Å². The second-order valence-corrected chi connectivity index (χ2v) is 5.38. The Balaban J connectivity index is 2.22. The Bertz CT molecular complexity index is 345. The molecule has 0 saturated heterocycles. The Labute approximate surface area is 111 Å². The van der Waals surface area contributed by atoms with Gasteiger partial charge in [0, 0.05) is 18.9 Å². The number of carbonyl (C=O) groups excluding carboxylic acids is 1. The van der Waals surface area contributed by atoms with Gasteiger partial charge in [0.25, 0.3) is 0 Å². The largest absolute Gasteiger partial charge is 0.324 e. The smallest absolute Gasteiger partial charge is 0.132 e. The van der Waals surface area contributed by atoms with Gasteiger partial charge in [0.1, 0.15) is 5.78 Å². The minimum atomic E-state index is -0.0137. The van der Waals surface area contributed by atoms with E-state index in [0.717, 1.165) is 24.8 Å². The Morgan fingerprint density at radius 1 is 1.11 bits per heavy atom. The monoisotopic (exact) mass is 247 g/mol. The van der Waals surface area contributed by atoms with E-state index >= 15 is 0 Å². The summed E-state index contributed by atoms with van der Waals surface area (Å²) in [7, 11) is 0. The lowest BCUT2D eigenvalue weighted by molar-refractivity contribution is -0.119. The summed E-state index contributed by atoms with van der Waals surface area (Å²) in [5.41, 5.74) is 7.19. The fourth-order valence-electron chi connectivity index (χ4n) is 2.02. The van der Waals surface area contributed by atoms with Gasteiger partial charge in [-0.1, -0.05) is 50.6 Å². The van der Waals surface area contributed by atoms with Crippen molar-refractivity contribution in [2.75, 3.05) is 0 Å². The molecule has 0 aliphatic carbocycles. The summed E-state index contributed by atoms with van der Waals surface area (Å²) >= 11 is 0. The van der Waals surface area contributed by atoms with Crippen LogP contribution in [0.2, 0.25) is 0 Å². The molecule has 1 aromatic carbocycles. The summed E-state index contributed by atoms with van der Waals surface area (Å²) in [5.74, 6) is 1.03. The predicted molar refractivity (Wildman–Crippen MR) is 76.3 cm³/mol. The molecule has 1 unspecified atom stereocenters. The van der Waals surface area contributed by atoms with Crippen molar-refractivity contribution in [3.8, 4) is 0 Å². The van der Waals surface area contributed by atoms with Crippen LogP contribution >= 0.6 is 0 Å². The van der Waals surface area contributed by atoms with E-state index in [9.17, 15) is 4.79 Å². The lowest BCUT2D eigenvalue weighted by atomic mass is 9.99. The van der Waals surface area contributed by atoms with Crippen molar-refractivity contribution in [1.29, 1.82) is 0 Å². The molecule has 2 nitrogen and oxygen atoms in total. The number of ketones is 1. The minimum Gasteiger partial charge on any atom is -0.324 e. The molecule has 2 N–H and O–H groups in total. The summed E-state index contributed by atoms with van der Waals surface area (Å²) in [4.78, 5) is 11.7. The fraction of sp³-hybridized carbons (Fsp3) is 0.562. The molecule has 1 aromatic rings. The summed E-state index contributed by atoms with van der Waals surface area (Å²) in [6.07, 6.45) is 4.21. The van der Waals surface area contributed by atoms with Crippen LogP contribution in [0.5, 0.6) is 0 Å². The molecule has 18 heavy (non-hydrogen) atoms. The highest BCUT2D eigenvalue weighted by Gasteiger charge is 2.09. The minimum absolute atomic E-state index is 0.0137. The zero-order chi connectivity index (χ0) is 13.4. The molecule has 0 aromatic heterocycles. The third-order valence-electron chi connectivity index (χ3n) is 3.20. The Hall–Kier alpha value is -1.15. The van der Waals surface area contributed by atoms with Gasteiger partial charge in [-0.15, -0.1) is 0 Å². The Morgan fingerprint density at radius 2 is 1.78 bits per heavy atom. The Morgan fingerprint density at radius 3 is 2.39 bits per heavy atom. The maximum absolute atomic E-state index is 11.7. The number of rotatable bonds is 8. The van der Waals surface area contributed by atoms with E-state index in [2.05, 4.69) is 13.8 Å². The topological polar surface area (TPSA) is 43.1 Å². The first-order valence-electron chi connectivity index (χ1n) is 6.92. The van der Waals surface area contributed by atoms with Gasteiger partial charge in [0.2, 0.25) is 0 Å². The zero-order valence-corrected chi connectivity index (χ0v) is 11.6. The van der Waals surface area contributed by atoms with Crippen LogP contribution < -0.4 is 5.73 Å². The summed E-state index contributed by atoms with van der Waals surface area (Å²) in [6, 6.07) is 9.98. The van der Waals surface area contributed by atoms with Crippen molar-refractivity contribution in [2.24, 2.45) is 11.7 Å². The maximum Gasteiger partial charge on any atom is 0.132 e. The van der Waals surface area contributed by atoms with Gasteiger partial charge in [-0.2, -0.15) is 0 Å². The van der Waals surface area contributed by atoms with Gasteiger partial charge in [0.15, 0.2) is 0 Å². The second kappa shape index (κ2) is 8.04. The van der Waals surface area contributed by atoms with Crippen LogP contribution in [-0.2, 0) is 4.79 Å². The predicted octanol–water partition coefficient (Wildman–Crippen LogP) is 3.86. The molecular formula is C16H25NO. The first-order chi connectivity index (χ1) is 8.59. The number of benzene rings is 1. The van der Waals surface area contributed by atoms with Gasteiger partial charge >= 0.3 is 0 Å². The normalized spacial score (nSPS) is 12.7. The van der Waals surface area contributed by atoms with E-state index in [1.54, 1.807) is 0 Å². The van der Waals surface area contributed by atoms with Crippen LogP contribution in [-0.4, -0.2) is 5.78 Å². The van der Waals surface area contributed by atoms with Crippen LogP contribution in [0.1, 0.15) is 57.6 Å². The third kappa shape index (κ3) is 5.97. The molecule has 0 saturated carbocycles. The number of hydrogen-bond acceptors (Lipinski definition) is 2. The second-order valence-electron chi connectivity index (χ2n) is 5.38. The highest BCUT2D eigenvalue weighted by atomic mass is 16.1. The van der Waals surface area contributed by atoms with Crippen molar-refractivity contribution < 1.29 is 4.79 Å². The molecule has 2 heteroatoms. The van der Waals surface area contributed by atoms with E-state index in [1.165, 1.54) is 0 Å². The number of nitrogens with two attached hydrogens (primary N) is 1. The van der Waals surface area contributed by atoms with Gasteiger partial charge < -0.3 is 5.73 Å². The average molecular weight is 247 g/mol. The van der Waals surface area contributed by atoms with Crippen LogP contribution in [0.25, 0.3) is 0 Å². The van der Waals surface area contributed by atoms with E-state index in [0.29, 0.717) is 24.5 Å². The molecule has 0 amide bonds. The SMILES string of the molecule is CC(C)CCCC(=O)CCC(N)c1ccccc1. The molecule has 0 fully saturated rings. The Kier molecular flexibility index (Phi) is 6.66. The molecule has 1 atom stereocenters. The van der Waals surface area contributed by atoms with Gasteiger partial charge in [-0.3, -0.25) is 4.79 Å². The van der Waals surface area contributed by atoms with Gasteiger partial charge in [-0.25, -0.2) is 0 Å². The van der Waals surface area contributed by atoms with Crippen molar-refractivity contribution in [1.82, 2.24) is 0 Å². The van der Waals surface area contributed by atoms with E-state index in [-0.39, 0.29) is 6.04 Å². The number of Topliss-reactive ketones (excluding diaryl/α,β-unsaturated/α-hetero) is 1. The van der Waals surface area contributed by atoms with Gasteiger partial charge in [-0.05, 0) is 24.3 Å². The van der Waals surface area contributed by atoms with Crippen LogP contribution in [0.4, 0.5) is 0 Å². The molecule has 0 radical (unpaired) electrons. The van der Waals surface area contributed by atoms with Crippen LogP contribution in [0.3, 0.4) is 0 Å². The molecular weight excluding hydrogens is 222 g/mol. The van der Waals surface area contributed by atoms with E-state index in [1.807, 2.05) is 30.3 Å². The maximum atomic E-state index is 11.7. The molecule has 0 aliphatic heterocycles. The summed E-state index contributed by atoms with van der Waals surface area (Å²) in [5, 5.41) is 0. The first-order valence-corrected chi connectivity index (χ1v) is 6.92. The average Bonchev–Trinajstić information content (AvgIpc) is 2.36. The van der Waals surface area contributed by atoms with Crippen molar-refractivity contribution in [2.45, 2.75) is 52.0 Å². The van der Waals surface area contributed by atoms with Crippen molar-refractivity contribution >= 4 is 5.78 Å². The third-order valence-corrected chi connectivity index (χ3v) is 3.20. The van der Waals surface area contributed by atoms with E-state index in [4.69, 9.17) is 5.73 Å². The molecule has 1 rings (SSSR count).